The maximum Gasteiger partial charge on any atom is 0.231 e. The first-order valence-electron chi connectivity index (χ1n) is 6.08. The van der Waals surface area contributed by atoms with Crippen molar-refractivity contribution in [2.75, 3.05) is 5.75 Å². The summed E-state index contributed by atoms with van der Waals surface area (Å²) in [4.78, 5) is 12.0. The molecule has 0 aliphatic rings. The van der Waals surface area contributed by atoms with E-state index in [2.05, 4.69) is 11.4 Å². The number of thioether (sulfide) groups is 1. The Labute approximate surface area is 121 Å². The van der Waals surface area contributed by atoms with Crippen molar-refractivity contribution in [1.82, 2.24) is 5.32 Å². The lowest BCUT2D eigenvalue weighted by Gasteiger charge is -2.27. The van der Waals surface area contributed by atoms with Crippen LogP contribution in [-0.4, -0.2) is 17.2 Å². The second-order valence-corrected chi connectivity index (χ2v) is 5.90. The van der Waals surface area contributed by atoms with Gasteiger partial charge in [0.15, 0.2) is 0 Å². The highest BCUT2D eigenvalue weighted by Gasteiger charge is 2.29. The summed E-state index contributed by atoms with van der Waals surface area (Å²) in [5, 5.41) is 11.7. The standard InChI is InChI=1S/C14H16F2N2OS/c1-9(2)14(3,8-17)18-13(19)7-20-12-5-4-10(15)6-11(12)16/h4-6,9H,7H2,1-3H3,(H,18,19). The van der Waals surface area contributed by atoms with Crippen LogP contribution in [-0.2, 0) is 4.79 Å². The summed E-state index contributed by atoms with van der Waals surface area (Å²) in [6.07, 6.45) is 0. The summed E-state index contributed by atoms with van der Waals surface area (Å²) in [6, 6.07) is 5.25. The first-order valence-corrected chi connectivity index (χ1v) is 7.07. The van der Waals surface area contributed by atoms with E-state index in [1.165, 1.54) is 6.07 Å². The number of benzene rings is 1. The van der Waals surface area contributed by atoms with Gasteiger partial charge < -0.3 is 5.32 Å². The molecular formula is C14H16F2N2OS. The van der Waals surface area contributed by atoms with E-state index < -0.39 is 17.2 Å². The number of rotatable bonds is 5. The molecule has 0 aromatic heterocycles. The predicted molar refractivity (Wildman–Crippen MR) is 74.1 cm³/mol. The summed E-state index contributed by atoms with van der Waals surface area (Å²) in [5.41, 5.74) is -0.959. The highest BCUT2D eigenvalue weighted by atomic mass is 32.2. The number of carbonyl (C=O) groups excluding carboxylic acids is 1. The second-order valence-electron chi connectivity index (χ2n) is 4.88. The van der Waals surface area contributed by atoms with Crippen LogP contribution >= 0.6 is 11.8 Å². The molecule has 0 radical (unpaired) electrons. The van der Waals surface area contributed by atoms with E-state index in [0.29, 0.717) is 0 Å². The number of amides is 1. The van der Waals surface area contributed by atoms with E-state index >= 15 is 0 Å². The van der Waals surface area contributed by atoms with Crippen LogP contribution in [0.5, 0.6) is 0 Å². The van der Waals surface area contributed by atoms with Gasteiger partial charge in [-0.3, -0.25) is 4.79 Å². The van der Waals surface area contributed by atoms with Crippen molar-refractivity contribution < 1.29 is 13.6 Å². The molecule has 1 unspecified atom stereocenters. The quantitative estimate of drug-likeness (QED) is 0.850. The average molecular weight is 298 g/mol. The zero-order chi connectivity index (χ0) is 15.3. The summed E-state index contributed by atoms with van der Waals surface area (Å²) >= 11 is 0.964. The molecule has 1 aromatic carbocycles. The monoisotopic (exact) mass is 298 g/mol. The number of nitrogens with one attached hydrogen (secondary N) is 1. The van der Waals surface area contributed by atoms with Gasteiger partial charge in [0.1, 0.15) is 17.2 Å². The molecule has 108 valence electrons. The molecule has 6 heteroatoms. The Balaban J connectivity index is 2.62. The third-order valence-electron chi connectivity index (χ3n) is 3.04. The molecule has 1 atom stereocenters. The van der Waals surface area contributed by atoms with Gasteiger partial charge in [0.25, 0.3) is 0 Å². The molecule has 0 fully saturated rings. The molecule has 0 aliphatic carbocycles. The Morgan fingerprint density at radius 3 is 2.65 bits per heavy atom. The summed E-state index contributed by atoms with van der Waals surface area (Å²) in [5.74, 6) is -1.81. The van der Waals surface area contributed by atoms with E-state index in [1.54, 1.807) is 6.92 Å². The van der Waals surface area contributed by atoms with Gasteiger partial charge in [0.05, 0.1) is 11.8 Å². The Bertz CT molecular complexity index is 542. The van der Waals surface area contributed by atoms with Gasteiger partial charge in [-0.25, -0.2) is 8.78 Å². The zero-order valence-electron chi connectivity index (χ0n) is 11.5. The maximum atomic E-state index is 13.4. The minimum Gasteiger partial charge on any atom is -0.337 e. The van der Waals surface area contributed by atoms with Gasteiger partial charge in [-0.05, 0) is 25.0 Å². The predicted octanol–water partition coefficient (Wildman–Crippen LogP) is 3.11. The van der Waals surface area contributed by atoms with Gasteiger partial charge >= 0.3 is 0 Å². The first kappa shape index (κ1) is 16.4. The minimum absolute atomic E-state index is 0.0352. The Kier molecular flexibility index (Phi) is 5.52. The maximum absolute atomic E-state index is 13.4. The lowest BCUT2D eigenvalue weighted by atomic mass is 9.90. The molecule has 20 heavy (non-hydrogen) atoms. The van der Waals surface area contributed by atoms with Crippen LogP contribution in [0.3, 0.4) is 0 Å². The third kappa shape index (κ3) is 4.20. The fraction of sp³-hybridized carbons (Fsp3) is 0.429. The summed E-state index contributed by atoms with van der Waals surface area (Å²) in [6.45, 7) is 5.30. The molecule has 1 N–H and O–H groups in total. The normalized spacial score (nSPS) is 13.7. The summed E-state index contributed by atoms with van der Waals surface area (Å²) < 4.78 is 26.1. The van der Waals surface area contributed by atoms with Gasteiger partial charge in [-0.15, -0.1) is 11.8 Å². The molecular weight excluding hydrogens is 282 g/mol. The van der Waals surface area contributed by atoms with Crippen LogP contribution in [0.4, 0.5) is 8.78 Å². The van der Waals surface area contributed by atoms with Crippen LogP contribution in [0.25, 0.3) is 0 Å². The minimum atomic E-state index is -0.959. The summed E-state index contributed by atoms with van der Waals surface area (Å²) in [7, 11) is 0. The number of carbonyl (C=O) groups is 1. The Morgan fingerprint density at radius 2 is 2.15 bits per heavy atom. The van der Waals surface area contributed by atoms with E-state index in [9.17, 15) is 13.6 Å². The molecule has 0 saturated heterocycles. The average Bonchev–Trinajstić information content (AvgIpc) is 2.37. The van der Waals surface area contributed by atoms with E-state index in [0.717, 1.165) is 23.9 Å². The fourth-order valence-corrected chi connectivity index (χ4v) is 2.08. The van der Waals surface area contributed by atoms with Gasteiger partial charge in [0.2, 0.25) is 5.91 Å². The largest absolute Gasteiger partial charge is 0.337 e. The molecule has 3 nitrogen and oxygen atoms in total. The van der Waals surface area contributed by atoms with Crippen molar-refractivity contribution in [2.24, 2.45) is 5.92 Å². The molecule has 0 saturated carbocycles. The lowest BCUT2D eigenvalue weighted by Crippen LogP contribution is -2.49. The van der Waals surface area contributed by atoms with Crippen LogP contribution in [0, 0.1) is 28.9 Å². The zero-order valence-corrected chi connectivity index (χ0v) is 12.4. The molecule has 1 amide bonds. The molecule has 1 rings (SSSR count). The second kappa shape index (κ2) is 6.71. The van der Waals surface area contributed by atoms with E-state index in [-0.39, 0.29) is 22.5 Å². The SMILES string of the molecule is CC(C)C(C)(C#N)NC(=O)CSc1ccc(F)cc1F. The van der Waals surface area contributed by atoms with Crippen molar-refractivity contribution in [1.29, 1.82) is 5.26 Å². The number of nitriles is 1. The van der Waals surface area contributed by atoms with Crippen molar-refractivity contribution in [3.8, 4) is 6.07 Å². The molecule has 0 spiro atoms. The lowest BCUT2D eigenvalue weighted by molar-refractivity contribution is -0.120. The smallest absolute Gasteiger partial charge is 0.231 e. The highest BCUT2D eigenvalue weighted by Crippen LogP contribution is 2.23. The van der Waals surface area contributed by atoms with Crippen LogP contribution < -0.4 is 5.32 Å². The molecule has 0 bridgehead atoms. The van der Waals surface area contributed by atoms with Crippen molar-refractivity contribution in [3.05, 3.63) is 29.8 Å². The highest BCUT2D eigenvalue weighted by molar-refractivity contribution is 8.00. The number of hydrogen-bond donors (Lipinski definition) is 1. The third-order valence-corrected chi connectivity index (χ3v) is 4.09. The number of nitrogens with zero attached hydrogens (tertiary/aromatic N) is 1. The fourth-order valence-electron chi connectivity index (χ4n) is 1.36. The molecule has 0 heterocycles. The number of halogens is 2. The Hall–Kier alpha value is -1.61. The van der Waals surface area contributed by atoms with E-state index in [4.69, 9.17) is 5.26 Å². The van der Waals surface area contributed by atoms with Crippen molar-refractivity contribution >= 4 is 17.7 Å². The first-order chi connectivity index (χ1) is 9.28. The molecule has 0 aliphatic heterocycles. The van der Waals surface area contributed by atoms with Gasteiger partial charge in [-0.1, -0.05) is 13.8 Å². The van der Waals surface area contributed by atoms with Crippen molar-refractivity contribution in [2.45, 2.75) is 31.2 Å². The Morgan fingerprint density at radius 1 is 1.50 bits per heavy atom. The van der Waals surface area contributed by atoms with E-state index in [1.807, 2.05) is 13.8 Å². The number of hydrogen-bond acceptors (Lipinski definition) is 3. The van der Waals surface area contributed by atoms with Crippen molar-refractivity contribution in [3.63, 3.8) is 0 Å². The van der Waals surface area contributed by atoms with Crippen LogP contribution in [0.15, 0.2) is 23.1 Å². The van der Waals surface area contributed by atoms with Gasteiger partial charge in [-0.2, -0.15) is 5.26 Å². The molecule has 1 aromatic rings. The van der Waals surface area contributed by atoms with Crippen LogP contribution in [0.1, 0.15) is 20.8 Å². The topological polar surface area (TPSA) is 52.9 Å². The van der Waals surface area contributed by atoms with Crippen LogP contribution in [0.2, 0.25) is 0 Å². The van der Waals surface area contributed by atoms with Gasteiger partial charge in [0, 0.05) is 11.0 Å².